The monoisotopic (exact) mass is 240 g/mol. The summed E-state index contributed by atoms with van der Waals surface area (Å²) in [7, 11) is 0. The van der Waals surface area contributed by atoms with Gasteiger partial charge in [-0.15, -0.1) is 10.2 Å². The number of nitrogen functional groups attached to an aromatic ring is 1. The normalized spacial score (nSPS) is 15.8. The molecule has 1 fully saturated rings. The molecule has 0 bridgehead atoms. The van der Waals surface area contributed by atoms with Crippen molar-refractivity contribution in [2.45, 2.75) is 26.2 Å². The van der Waals surface area contributed by atoms with Crippen molar-refractivity contribution < 1.29 is 4.79 Å². The van der Waals surface area contributed by atoms with Gasteiger partial charge < -0.3 is 10.6 Å². The van der Waals surface area contributed by atoms with E-state index < -0.39 is 0 Å². The molecular weight excluding hydrogens is 224 g/mol. The lowest BCUT2D eigenvalue weighted by atomic mass is 9.85. The SMILES string of the molecule is CCN(CC1CCC1)C(=O)c1nnc(N)s1. The third kappa shape index (κ3) is 2.32. The van der Waals surface area contributed by atoms with E-state index in [1.165, 1.54) is 19.3 Å². The Kier molecular flexibility index (Phi) is 3.38. The number of anilines is 1. The fourth-order valence-corrected chi connectivity index (χ4v) is 2.38. The molecule has 0 saturated heterocycles. The molecule has 88 valence electrons. The lowest BCUT2D eigenvalue weighted by Gasteiger charge is -2.31. The van der Waals surface area contributed by atoms with E-state index in [-0.39, 0.29) is 5.91 Å². The largest absolute Gasteiger partial charge is 0.374 e. The van der Waals surface area contributed by atoms with Crippen molar-refractivity contribution in [3.8, 4) is 0 Å². The molecule has 2 N–H and O–H groups in total. The van der Waals surface area contributed by atoms with Crippen molar-refractivity contribution in [3.63, 3.8) is 0 Å². The van der Waals surface area contributed by atoms with E-state index in [4.69, 9.17) is 5.73 Å². The van der Waals surface area contributed by atoms with E-state index >= 15 is 0 Å². The molecule has 2 rings (SSSR count). The van der Waals surface area contributed by atoms with Crippen LogP contribution >= 0.6 is 11.3 Å². The van der Waals surface area contributed by atoms with Gasteiger partial charge in [0.15, 0.2) is 0 Å². The first-order valence-corrected chi connectivity index (χ1v) is 6.40. The number of carbonyl (C=O) groups excluding carboxylic acids is 1. The number of nitrogens with zero attached hydrogens (tertiary/aromatic N) is 3. The number of hydrogen-bond acceptors (Lipinski definition) is 5. The molecule has 1 aromatic rings. The minimum Gasteiger partial charge on any atom is -0.374 e. The highest BCUT2D eigenvalue weighted by molar-refractivity contribution is 7.16. The summed E-state index contributed by atoms with van der Waals surface area (Å²) in [4.78, 5) is 13.9. The Morgan fingerprint density at radius 3 is 2.75 bits per heavy atom. The number of amides is 1. The summed E-state index contributed by atoms with van der Waals surface area (Å²) in [6, 6.07) is 0. The van der Waals surface area contributed by atoms with Gasteiger partial charge in [0.2, 0.25) is 10.1 Å². The number of nitrogens with two attached hydrogens (primary N) is 1. The van der Waals surface area contributed by atoms with Gasteiger partial charge in [0.05, 0.1) is 0 Å². The molecule has 1 amide bonds. The zero-order valence-electron chi connectivity index (χ0n) is 9.35. The summed E-state index contributed by atoms with van der Waals surface area (Å²) in [5.41, 5.74) is 5.47. The van der Waals surface area contributed by atoms with E-state index in [0.29, 0.717) is 16.1 Å². The summed E-state index contributed by atoms with van der Waals surface area (Å²) in [5.74, 6) is 0.637. The maximum absolute atomic E-state index is 12.0. The van der Waals surface area contributed by atoms with Gasteiger partial charge >= 0.3 is 0 Å². The average Bonchev–Trinajstić information content (AvgIpc) is 2.63. The van der Waals surface area contributed by atoms with Gasteiger partial charge in [0, 0.05) is 13.1 Å². The smallest absolute Gasteiger partial charge is 0.284 e. The Labute approximate surface area is 98.7 Å². The molecule has 1 saturated carbocycles. The zero-order chi connectivity index (χ0) is 11.5. The first kappa shape index (κ1) is 11.3. The predicted octanol–water partition coefficient (Wildman–Crippen LogP) is 1.38. The van der Waals surface area contributed by atoms with Crippen LogP contribution in [0.2, 0.25) is 0 Å². The second kappa shape index (κ2) is 4.78. The van der Waals surface area contributed by atoms with Crippen LogP contribution in [0.1, 0.15) is 36.0 Å². The maximum Gasteiger partial charge on any atom is 0.284 e. The van der Waals surface area contributed by atoms with Crippen molar-refractivity contribution >= 4 is 22.4 Å². The van der Waals surface area contributed by atoms with Gasteiger partial charge in [-0.1, -0.05) is 17.8 Å². The van der Waals surface area contributed by atoms with Crippen LogP contribution in [0.15, 0.2) is 0 Å². The first-order valence-electron chi connectivity index (χ1n) is 5.59. The number of carbonyl (C=O) groups is 1. The summed E-state index contributed by atoms with van der Waals surface area (Å²) in [5, 5.41) is 8.21. The van der Waals surface area contributed by atoms with Crippen molar-refractivity contribution in [2.24, 2.45) is 5.92 Å². The second-order valence-corrected chi connectivity index (χ2v) is 5.10. The lowest BCUT2D eigenvalue weighted by Crippen LogP contribution is -2.37. The highest BCUT2D eigenvalue weighted by Gasteiger charge is 2.25. The molecule has 1 heterocycles. The molecule has 6 heteroatoms. The lowest BCUT2D eigenvalue weighted by molar-refractivity contribution is 0.0705. The molecule has 1 aromatic heterocycles. The minimum atomic E-state index is -0.0383. The Hall–Kier alpha value is -1.17. The Bertz CT molecular complexity index is 375. The van der Waals surface area contributed by atoms with Crippen molar-refractivity contribution in [2.75, 3.05) is 18.8 Å². The van der Waals surface area contributed by atoms with E-state index in [0.717, 1.165) is 24.4 Å². The fraction of sp³-hybridized carbons (Fsp3) is 0.700. The van der Waals surface area contributed by atoms with E-state index in [9.17, 15) is 4.79 Å². The molecular formula is C10H16N4OS. The number of hydrogen-bond donors (Lipinski definition) is 1. The molecule has 0 unspecified atom stereocenters. The Morgan fingerprint density at radius 2 is 2.31 bits per heavy atom. The molecule has 0 aliphatic heterocycles. The topological polar surface area (TPSA) is 72.1 Å². The summed E-state index contributed by atoms with van der Waals surface area (Å²) < 4.78 is 0. The number of rotatable bonds is 4. The fourth-order valence-electron chi connectivity index (χ4n) is 1.80. The molecule has 0 atom stereocenters. The van der Waals surface area contributed by atoms with Crippen LogP contribution in [-0.2, 0) is 0 Å². The highest BCUT2D eigenvalue weighted by atomic mass is 32.1. The van der Waals surface area contributed by atoms with Gasteiger partial charge in [0.25, 0.3) is 5.91 Å². The van der Waals surface area contributed by atoms with Crippen LogP contribution < -0.4 is 5.73 Å². The molecule has 5 nitrogen and oxygen atoms in total. The minimum absolute atomic E-state index is 0.0383. The van der Waals surface area contributed by atoms with Gasteiger partial charge in [-0.25, -0.2) is 0 Å². The van der Waals surface area contributed by atoms with Crippen LogP contribution in [0.3, 0.4) is 0 Å². The molecule has 0 aromatic carbocycles. The van der Waals surface area contributed by atoms with E-state index in [1.54, 1.807) is 0 Å². The van der Waals surface area contributed by atoms with Gasteiger partial charge in [0.1, 0.15) is 0 Å². The quantitative estimate of drug-likeness (QED) is 0.863. The van der Waals surface area contributed by atoms with E-state index in [1.807, 2.05) is 11.8 Å². The van der Waals surface area contributed by atoms with Crippen LogP contribution in [-0.4, -0.2) is 34.1 Å². The summed E-state index contributed by atoms with van der Waals surface area (Å²) >= 11 is 1.16. The first-order chi connectivity index (χ1) is 7.70. The van der Waals surface area contributed by atoms with Gasteiger partial charge in [-0.2, -0.15) is 0 Å². The standard InChI is InChI=1S/C10H16N4OS/c1-2-14(6-7-4-3-5-7)9(15)8-12-13-10(11)16-8/h7H,2-6H2,1H3,(H2,11,13). The van der Waals surface area contributed by atoms with E-state index in [2.05, 4.69) is 10.2 Å². The Morgan fingerprint density at radius 1 is 1.56 bits per heavy atom. The van der Waals surface area contributed by atoms with Gasteiger partial charge in [-0.3, -0.25) is 4.79 Å². The maximum atomic E-state index is 12.0. The zero-order valence-corrected chi connectivity index (χ0v) is 10.2. The van der Waals surface area contributed by atoms with Crippen LogP contribution in [0.5, 0.6) is 0 Å². The van der Waals surface area contributed by atoms with Crippen molar-refractivity contribution in [1.82, 2.24) is 15.1 Å². The van der Waals surface area contributed by atoms with Crippen LogP contribution in [0.25, 0.3) is 0 Å². The average molecular weight is 240 g/mol. The third-order valence-electron chi connectivity index (χ3n) is 3.00. The van der Waals surface area contributed by atoms with Crippen molar-refractivity contribution in [1.29, 1.82) is 0 Å². The van der Waals surface area contributed by atoms with Crippen molar-refractivity contribution in [3.05, 3.63) is 5.01 Å². The molecule has 16 heavy (non-hydrogen) atoms. The molecule has 1 aliphatic carbocycles. The number of aromatic nitrogens is 2. The molecule has 0 spiro atoms. The summed E-state index contributed by atoms with van der Waals surface area (Å²) in [6.45, 7) is 3.55. The van der Waals surface area contributed by atoms with Crippen LogP contribution in [0.4, 0.5) is 5.13 Å². The summed E-state index contributed by atoms with van der Waals surface area (Å²) in [6.07, 6.45) is 3.77. The van der Waals surface area contributed by atoms with Gasteiger partial charge in [-0.05, 0) is 25.7 Å². The highest BCUT2D eigenvalue weighted by Crippen LogP contribution is 2.27. The third-order valence-corrected chi connectivity index (χ3v) is 3.74. The van der Waals surface area contributed by atoms with Crippen LogP contribution in [0, 0.1) is 5.92 Å². The predicted molar refractivity (Wildman–Crippen MR) is 63.2 cm³/mol. The molecule has 1 aliphatic rings. The second-order valence-electron chi connectivity index (χ2n) is 4.09. The molecule has 0 radical (unpaired) electrons. The Balaban J connectivity index is 1.99.